The van der Waals surface area contributed by atoms with Crippen molar-refractivity contribution in [1.29, 1.82) is 0 Å². The van der Waals surface area contributed by atoms with Crippen molar-refractivity contribution in [3.8, 4) is 0 Å². The Morgan fingerprint density at radius 3 is 2.89 bits per heavy atom. The van der Waals surface area contributed by atoms with E-state index in [1.165, 1.54) is 18.4 Å². The van der Waals surface area contributed by atoms with E-state index in [-0.39, 0.29) is 11.9 Å². The van der Waals surface area contributed by atoms with Crippen molar-refractivity contribution in [2.45, 2.75) is 38.1 Å². The largest absolute Gasteiger partial charge is 0.354 e. The van der Waals surface area contributed by atoms with E-state index in [4.69, 9.17) is 0 Å². The van der Waals surface area contributed by atoms with Crippen molar-refractivity contribution in [2.75, 3.05) is 13.1 Å². The van der Waals surface area contributed by atoms with Gasteiger partial charge in [-0.3, -0.25) is 4.79 Å². The van der Waals surface area contributed by atoms with E-state index in [1.54, 1.807) is 0 Å². The Kier molecular flexibility index (Phi) is 5.21. The number of hydrogen-bond donors (Lipinski definition) is 2. The van der Waals surface area contributed by atoms with Crippen LogP contribution >= 0.6 is 0 Å². The summed E-state index contributed by atoms with van der Waals surface area (Å²) in [6.07, 6.45) is 5.45. The SMILES string of the molecule is O=C(NCCc1ccccc1)C1CCCCCN1. The molecule has 1 aliphatic heterocycles. The van der Waals surface area contributed by atoms with Crippen LogP contribution in [0, 0.1) is 0 Å². The van der Waals surface area contributed by atoms with E-state index in [0.717, 1.165) is 32.4 Å². The normalized spacial score (nSPS) is 20.1. The maximum atomic E-state index is 12.0. The lowest BCUT2D eigenvalue weighted by molar-refractivity contribution is -0.123. The van der Waals surface area contributed by atoms with Crippen LogP contribution in [0.25, 0.3) is 0 Å². The summed E-state index contributed by atoms with van der Waals surface area (Å²) >= 11 is 0. The molecule has 0 saturated carbocycles. The van der Waals surface area contributed by atoms with Crippen LogP contribution in [-0.2, 0) is 11.2 Å². The molecule has 2 N–H and O–H groups in total. The first-order chi connectivity index (χ1) is 8.86. The summed E-state index contributed by atoms with van der Waals surface area (Å²) in [5.41, 5.74) is 1.27. The summed E-state index contributed by atoms with van der Waals surface area (Å²) in [5.74, 6) is 0.160. The Morgan fingerprint density at radius 1 is 1.22 bits per heavy atom. The Hall–Kier alpha value is -1.35. The molecule has 3 nitrogen and oxygen atoms in total. The minimum Gasteiger partial charge on any atom is -0.354 e. The van der Waals surface area contributed by atoms with E-state index in [1.807, 2.05) is 18.2 Å². The monoisotopic (exact) mass is 246 g/mol. The van der Waals surface area contributed by atoms with E-state index in [9.17, 15) is 4.79 Å². The van der Waals surface area contributed by atoms with Crippen molar-refractivity contribution < 1.29 is 4.79 Å². The van der Waals surface area contributed by atoms with Gasteiger partial charge in [0.15, 0.2) is 0 Å². The van der Waals surface area contributed by atoms with Gasteiger partial charge in [0.1, 0.15) is 0 Å². The topological polar surface area (TPSA) is 41.1 Å². The van der Waals surface area contributed by atoms with Gasteiger partial charge in [-0.1, -0.05) is 43.2 Å². The second kappa shape index (κ2) is 7.17. The summed E-state index contributed by atoms with van der Waals surface area (Å²) < 4.78 is 0. The van der Waals surface area contributed by atoms with Gasteiger partial charge in [0, 0.05) is 6.54 Å². The summed E-state index contributed by atoms with van der Waals surface area (Å²) in [7, 11) is 0. The highest BCUT2D eigenvalue weighted by Crippen LogP contribution is 2.08. The first kappa shape index (κ1) is 13.1. The Balaban J connectivity index is 1.71. The quantitative estimate of drug-likeness (QED) is 0.851. The third-order valence-corrected chi connectivity index (χ3v) is 3.43. The maximum Gasteiger partial charge on any atom is 0.237 e. The van der Waals surface area contributed by atoms with Gasteiger partial charge in [-0.05, 0) is 31.4 Å². The van der Waals surface area contributed by atoms with E-state index in [2.05, 4.69) is 22.8 Å². The molecule has 2 rings (SSSR count). The number of benzene rings is 1. The molecule has 1 fully saturated rings. The molecule has 18 heavy (non-hydrogen) atoms. The lowest BCUT2D eigenvalue weighted by Gasteiger charge is -2.15. The molecule has 1 atom stereocenters. The molecule has 0 bridgehead atoms. The highest BCUT2D eigenvalue weighted by molar-refractivity contribution is 5.81. The molecule has 0 spiro atoms. The van der Waals surface area contributed by atoms with Gasteiger partial charge >= 0.3 is 0 Å². The summed E-state index contributed by atoms with van der Waals surface area (Å²) in [6.45, 7) is 1.69. The number of carbonyl (C=O) groups excluding carboxylic acids is 1. The van der Waals surface area contributed by atoms with Gasteiger partial charge in [-0.25, -0.2) is 0 Å². The third kappa shape index (κ3) is 4.15. The molecule has 0 aromatic heterocycles. The molecule has 1 heterocycles. The van der Waals surface area contributed by atoms with E-state index >= 15 is 0 Å². The standard InChI is InChI=1S/C15H22N2O/c18-15(14-9-5-2-6-11-16-14)17-12-10-13-7-3-1-4-8-13/h1,3-4,7-8,14,16H,2,5-6,9-12H2,(H,17,18). The third-order valence-electron chi connectivity index (χ3n) is 3.43. The molecular weight excluding hydrogens is 224 g/mol. The van der Waals surface area contributed by atoms with Gasteiger partial charge < -0.3 is 10.6 Å². The first-order valence-electron chi connectivity index (χ1n) is 6.91. The van der Waals surface area contributed by atoms with Crippen molar-refractivity contribution in [1.82, 2.24) is 10.6 Å². The van der Waals surface area contributed by atoms with Crippen molar-refractivity contribution >= 4 is 5.91 Å². The molecule has 0 aliphatic carbocycles. The fourth-order valence-electron chi connectivity index (χ4n) is 2.35. The fourth-order valence-corrected chi connectivity index (χ4v) is 2.35. The van der Waals surface area contributed by atoms with E-state index < -0.39 is 0 Å². The van der Waals surface area contributed by atoms with Crippen LogP contribution in [0.5, 0.6) is 0 Å². The molecule has 0 radical (unpaired) electrons. The van der Waals surface area contributed by atoms with Crippen LogP contribution in [0.3, 0.4) is 0 Å². The predicted molar refractivity (Wildman–Crippen MR) is 73.4 cm³/mol. The molecule has 1 amide bonds. The summed E-state index contributed by atoms with van der Waals surface area (Å²) in [4.78, 5) is 12.0. The number of rotatable bonds is 4. The van der Waals surface area contributed by atoms with Crippen LogP contribution in [-0.4, -0.2) is 25.0 Å². The lowest BCUT2D eigenvalue weighted by Crippen LogP contribution is -2.44. The first-order valence-corrected chi connectivity index (χ1v) is 6.91. The van der Waals surface area contributed by atoms with Crippen molar-refractivity contribution in [2.24, 2.45) is 0 Å². The lowest BCUT2D eigenvalue weighted by atomic mass is 10.1. The molecule has 1 aromatic rings. The Bertz CT molecular complexity index is 356. The second-order valence-electron chi connectivity index (χ2n) is 4.88. The molecule has 98 valence electrons. The number of nitrogens with one attached hydrogen (secondary N) is 2. The molecule has 1 aromatic carbocycles. The molecular formula is C15H22N2O. The minimum absolute atomic E-state index is 0.0169. The maximum absolute atomic E-state index is 12.0. The zero-order valence-electron chi connectivity index (χ0n) is 10.8. The van der Waals surface area contributed by atoms with Crippen LogP contribution in [0.1, 0.15) is 31.2 Å². The molecule has 1 aliphatic rings. The number of amides is 1. The van der Waals surface area contributed by atoms with E-state index in [0.29, 0.717) is 0 Å². The Morgan fingerprint density at radius 2 is 2.06 bits per heavy atom. The number of hydrogen-bond acceptors (Lipinski definition) is 2. The predicted octanol–water partition coefficient (Wildman–Crippen LogP) is 1.88. The highest BCUT2D eigenvalue weighted by atomic mass is 16.2. The average molecular weight is 246 g/mol. The van der Waals surface area contributed by atoms with Gasteiger partial charge in [-0.2, -0.15) is 0 Å². The van der Waals surface area contributed by atoms with Crippen LogP contribution in [0.2, 0.25) is 0 Å². The van der Waals surface area contributed by atoms with Gasteiger partial charge in [-0.15, -0.1) is 0 Å². The molecule has 1 unspecified atom stereocenters. The van der Waals surface area contributed by atoms with Gasteiger partial charge in [0.25, 0.3) is 0 Å². The zero-order valence-corrected chi connectivity index (χ0v) is 10.8. The van der Waals surface area contributed by atoms with Crippen LogP contribution in [0.4, 0.5) is 0 Å². The van der Waals surface area contributed by atoms with Crippen LogP contribution in [0.15, 0.2) is 30.3 Å². The molecule has 1 saturated heterocycles. The van der Waals surface area contributed by atoms with Gasteiger partial charge in [0.2, 0.25) is 5.91 Å². The number of carbonyl (C=O) groups is 1. The summed E-state index contributed by atoms with van der Waals surface area (Å²) in [5, 5.41) is 6.35. The smallest absolute Gasteiger partial charge is 0.237 e. The van der Waals surface area contributed by atoms with Crippen LogP contribution < -0.4 is 10.6 Å². The second-order valence-corrected chi connectivity index (χ2v) is 4.88. The van der Waals surface area contributed by atoms with Crippen molar-refractivity contribution in [3.05, 3.63) is 35.9 Å². The Labute approximate surface area is 109 Å². The average Bonchev–Trinajstić information content (AvgIpc) is 2.69. The zero-order chi connectivity index (χ0) is 12.6. The molecule has 3 heteroatoms. The fraction of sp³-hybridized carbons (Fsp3) is 0.533. The van der Waals surface area contributed by atoms with Crippen molar-refractivity contribution in [3.63, 3.8) is 0 Å². The highest BCUT2D eigenvalue weighted by Gasteiger charge is 2.18. The minimum atomic E-state index is 0.0169. The van der Waals surface area contributed by atoms with Gasteiger partial charge in [0.05, 0.1) is 6.04 Å². The summed E-state index contributed by atoms with van der Waals surface area (Å²) in [6, 6.07) is 10.3.